The van der Waals surface area contributed by atoms with E-state index in [1.54, 1.807) is 27.3 Å². The van der Waals surface area contributed by atoms with Crippen molar-refractivity contribution in [2.24, 2.45) is 0 Å². The van der Waals surface area contributed by atoms with Crippen LogP contribution in [-0.2, 0) is 16.0 Å². The van der Waals surface area contributed by atoms with Crippen molar-refractivity contribution in [3.8, 4) is 17.1 Å². The van der Waals surface area contributed by atoms with Crippen molar-refractivity contribution in [3.63, 3.8) is 0 Å². The molecular weight excluding hydrogens is 424 g/mol. The minimum atomic E-state index is -0.292. The average molecular weight is 450 g/mol. The highest BCUT2D eigenvalue weighted by Gasteiger charge is 2.43. The largest absolute Gasteiger partial charge is 0.496 e. The van der Waals surface area contributed by atoms with E-state index in [-0.39, 0.29) is 18.1 Å². The number of hydrogen-bond donors (Lipinski definition) is 2. The first-order valence-electron chi connectivity index (χ1n) is 10.9. The van der Waals surface area contributed by atoms with Crippen LogP contribution in [0.2, 0.25) is 0 Å². The van der Waals surface area contributed by atoms with Crippen LogP contribution < -0.4 is 20.3 Å². The van der Waals surface area contributed by atoms with E-state index >= 15 is 0 Å². The Bertz CT molecular complexity index is 1210. The van der Waals surface area contributed by atoms with Crippen molar-refractivity contribution < 1.29 is 18.7 Å². The van der Waals surface area contributed by atoms with E-state index in [0.717, 1.165) is 16.9 Å². The summed E-state index contributed by atoms with van der Waals surface area (Å²) in [4.78, 5) is 28.3. The molecule has 0 aliphatic carbocycles. The van der Waals surface area contributed by atoms with Crippen molar-refractivity contribution in [1.29, 1.82) is 0 Å². The molecule has 0 unspecified atom stereocenters. The van der Waals surface area contributed by atoms with Crippen molar-refractivity contribution >= 4 is 29.0 Å². The van der Waals surface area contributed by atoms with Crippen LogP contribution in [0.1, 0.15) is 24.9 Å². The Morgan fingerprint density at radius 3 is 2.85 bits per heavy atom. The van der Waals surface area contributed by atoms with E-state index < -0.39 is 0 Å². The van der Waals surface area contributed by atoms with Gasteiger partial charge in [-0.05, 0) is 18.6 Å². The van der Waals surface area contributed by atoms with Crippen LogP contribution >= 0.6 is 0 Å². The molecule has 10 nitrogen and oxygen atoms in total. The number of ether oxygens (including phenoxy) is 2. The quantitative estimate of drug-likeness (QED) is 0.584. The van der Waals surface area contributed by atoms with Gasteiger partial charge in [-0.25, -0.2) is 9.97 Å². The molecule has 1 amide bonds. The number of fused-ring (bicyclic) bond motifs is 3. The number of hydrogen-bond acceptors (Lipinski definition) is 9. The van der Waals surface area contributed by atoms with Gasteiger partial charge in [-0.15, -0.1) is 0 Å². The molecule has 2 aromatic heterocycles. The highest BCUT2D eigenvalue weighted by Crippen LogP contribution is 2.39. The summed E-state index contributed by atoms with van der Waals surface area (Å²) in [5.41, 5.74) is 3.02. The van der Waals surface area contributed by atoms with Gasteiger partial charge in [0.1, 0.15) is 17.5 Å². The fraction of sp³-hybridized carbons (Fsp3) is 0.391. The van der Waals surface area contributed by atoms with Crippen LogP contribution in [0.25, 0.3) is 11.3 Å². The number of rotatable bonds is 6. The molecule has 1 aromatic carbocycles. The molecule has 10 heteroatoms. The predicted octanol–water partition coefficient (Wildman–Crippen LogP) is 3.30. The van der Waals surface area contributed by atoms with Gasteiger partial charge in [0.15, 0.2) is 17.5 Å². The summed E-state index contributed by atoms with van der Waals surface area (Å²) in [5, 5.41) is 6.29. The smallest absolute Gasteiger partial charge is 0.247 e. The van der Waals surface area contributed by atoms with E-state index in [4.69, 9.17) is 18.9 Å². The number of amides is 1. The molecular formula is C23H26N6O4. The topological polar surface area (TPSA) is 115 Å². The molecule has 0 radical (unpaired) electrons. The normalized spacial score (nSPS) is 19.2. The Morgan fingerprint density at radius 2 is 2.15 bits per heavy atom. The van der Waals surface area contributed by atoms with Crippen LogP contribution in [-0.4, -0.2) is 53.8 Å². The van der Waals surface area contributed by atoms with E-state index in [1.165, 1.54) is 0 Å². The summed E-state index contributed by atoms with van der Waals surface area (Å²) in [7, 11) is 3.28. The Kier molecular flexibility index (Phi) is 5.37. The first kappa shape index (κ1) is 21.2. The fourth-order valence-corrected chi connectivity index (χ4v) is 4.39. The van der Waals surface area contributed by atoms with E-state index in [0.29, 0.717) is 54.2 Å². The molecule has 4 heterocycles. The van der Waals surface area contributed by atoms with Gasteiger partial charge in [-0.1, -0.05) is 6.92 Å². The maximum atomic E-state index is 12.7. The second-order valence-corrected chi connectivity index (χ2v) is 8.08. The molecule has 0 bridgehead atoms. The maximum Gasteiger partial charge on any atom is 0.247 e. The number of aromatic nitrogens is 3. The minimum absolute atomic E-state index is 0.0142. The molecule has 1 saturated heterocycles. The highest BCUT2D eigenvalue weighted by molar-refractivity contribution is 6.04. The van der Waals surface area contributed by atoms with Gasteiger partial charge in [-0.3, -0.25) is 4.79 Å². The summed E-state index contributed by atoms with van der Waals surface area (Å²) in [6, 6.07) is 5.38. The number of nitrogens with one attached hydrogen (secondary N) is 2. The number of anilines is 4. The molecule has 2 aliphatic heterocycles. The third kappa shape index (κ3) is 3.76. The minimum Gasteiger partial charge on any atom is -0.496 e. The number of methoxy groups -OCH3 is 2. The molecule has 2 N–H and O–H groups in total. The zero-order valence-corrected chi connectivity index (χ0v) is 19.0. The van der Waals surface area contributed by atoms with Gasteiger partial charge in [0.05, 0.1) is 30.7 Å². The molecule has 1 fully saturated rings. The average Bonchev–Trinajstić information content (AvgIpc) is 3.46. The summed E-state index contributed by atoms with van der Waals surface area (Å²) in [5.74, 6) is 2.99. The number of nitrogens with zero attached hydrogens (tertiary/aromatic N) is 4. The van der Waals surface area contributed by atoms with Crippen molar-refractivity contribution in [3.05, 3.63) is 36.0 Å². The maximum absolute atomic E-state index is 12.7. The van der Waals surface area contributed by atoms with E-state index in [9.17, 15) is 4.79 Å². The predicted molar refractivity (Wildman–Crippen MR) is 123 cm³/mol. The molecule has 2 atom stereocenters. The SMILES string of the molecule is CCc1nc(Nc2ccc(-c3cnc(C)o3)c(OC)c2)nc2c1NC(=O)[C@@H]1C[C@@H](OC)CN21. The molecule has 0 spiro atoms. The summed E-state index contributed by atoms with van der Waals surface area (Å²) >= 11 is 0. The van der Waals surface area contributed by atoms with Gasteiger partial charge in [0.2, 0.25) is 11.9 Å². The van der Waals surface area contributed by atoms with Gasteiger partial charge >= 0.3 is 0 Å². The van der Waals surface area contributed by atoms with Crippen molar-refractivity contribution in [2.75, 3.05) is 36.3 Å². The Morgan fingerprint density at radius 1 is 1.30 bits per heavy atom. The van der Waals surface area contributed by atoms with Crippen LogP contribution in [0.5, 0.6) is 5.75 Å². The molecule has 5 rings (SSSR count). The number of aryl methyl sites for hydroxylation is 2. The summed E-state index contributed by atoms with van der Waals surface area (Å²) in [6.07, 6.45) is 2.95. The van der Waals surface area contributed by atoms with E-state index in [2.05, 4.69) is 20.6 Å². The number of oxazole rings is 1. The molecule has 172 valence electrons. The van der Waals surface area contributed by atoms with Gasteiger partial charge < -0.3 is 29.4 Å². The van der Waals surface area contributed by atoms with Crippen LogP contribution in [0, 0.1) is 6.92 Å². The van der Waals surface area contributed by atoms with E-state index in [1.807, 2.05) is 30.0 Å². The molecule has 0 saturated carbocycles. The highest BCUT2D eigenvalue weighted by atomic mass is 16.5. The third-order valence-electron chi connectivity index (χ3n) is 6.06. The van der Waals surface area contributed by atoms with Crippen LogP contribution in [0.15, 0.2) is 28.8 Å². The number of carbonyl (C=O) groups is 1. The Hall–Kier alpha value is -3.66. The molecule has 2 aliphatic rings. The van der Waals surface area contributed by atoms with Gasteiger partial charge in [0.25, 0.3) is 0 Å². The lowest BCUT2D eigenvalue weighted by molar-refractivity contribution is -0.117. The zero-order chi connectivity index (χ0) is 23.1. The lowest BCUT2D eigenvalue weighted by Gasteiger charge is -2.32. The summed E-state index contributed by atoms with van der Waals surface area (Å²) < 4.78 is 16.7. The standard InChI is InChI=1S/C23H26N6O4/c1-5-16-20-21(29-11-14(31-3)9-17(29)22(30)27-20)28-23(26-16)25-13-6-7-15(18(8-13)32-4)19-10-24-12(2)33-19/h6-8,10,14,17H,5,9,11H2,1-4H3,(H,27,30)(H,25,26,28)/t14-,17+/m1/s1. The van der Waals surface area contributed by atoms with Crippen molar-refractivity contribution in [1.82, 2.24) is 15.0 Å². The van der Waals surface area contributed by atoms with Crippen LogP contribution in [0.4, 0.5) is 23.1 Å². The molecule has 3 aromatic rings. The first-order valence-corrected chi connectivity index (χ1v) is 10.9. The van der Waals surface area contributed by atoms with Crippen molar-refractivity contribution in [2.45, 2.75) is 38.8 Å². The van der Waals surface area contributed by atoms with Crippen LogP contribution in [0.3, 0.4) is 0 Å². The lowest BCUT2D eigenvalue weighted by Crippen LogP contribution is -2.45. The second-order valence-electron chi connectivity index (χ2n) is 8.08. The fourth-order valence-electron chi connectivity index (χ4n) is 4.39. The zero-order valence-electron chi connectivity index (χ0n) is 19.0. The second kappa shape index (κ2) is 8.36. The Labute approximate surface area is 191 Å². The number of carbonyl (C=O) groups excluding carboxylic acids is 1. The number of benzene rings is 1. The van der Waals surface area contributed by atoms with Gasteiger partial charge in [-0.2, -0.15) is 4.98 Å². The lowest BCUT2D eigenvalue weighted by atomic mass is 10.1. The third-order valence-corrected chi connectivity index (χ3v) is 6.06. The van der Waals surface area contributed by atoms with Gasteiger partial charge in [0, 0.05) is 38.8 Å². The Balaban J connectivity index is 1.49. The first-order chi connectivity index (χ1) is 16.0. The molecule has 33 heavy (non-hydrogen) atoms. The summed E-state index contributed by atoms with van der Waals surface area (Å²) in [6.45, 7) is 4.41. The monoisotopic (exact) mass is 450 g/mol.